The van der Waals surface area contributed by atoms with Crippen molar-refractivity contribution in [1.29, 1.82) is 0 Å². The smallest absolute Gasteiger partial charge is 0.250 e. The van der Waals surface area contributed by atoms with Crippen LogP contribution in [-0.2, 0) is 13.1 Å². The molecule has 3 aromatic rings. The molecule has 7 heteroatoms. The normalized spacial score (nSPS) is 21.3. The molecule has 0 aliphatic carbocycles. The van der Waals surface area contributed by atoms with Crippen LogP contribution in [0, 0.1) is 5.92 Å². The van der Waals surface area contributed by atoms with Gasteiger partial charge in [-0.25, -0.2) is 0 Å². The quantitative estimate of drug-likeness (QED) is 0.694. The molecule has 1 unspecified atom stereocenters. The van der Waals surface area contributed by atoms with E-state index in [9.17, 15) is 4.79 Å². The van der Waals surface area contributed by atoms with Crippen LogP contribution < -0.4 is 5.56 Å². The zero-order chi connectivity index (χ0) is 17.5. The molecular weight excluding hydrogens is 364 g/mol. The van der Waals surface area contributed by atoms with Crippen LogP contribution in [0.2, 0.25) is 0 Å². The Labute approximate surface area is 163 Å². The van der Waals surface area contributed by atoms with Gasteiger partial charge in [0.15, 0.2) is 0 Å². The van der Waals surface area contributed by atoms with E-state index in [0.717, 1.165) is 37.3 Å². The van der Waals surface area contributed by atoms with Crippen LogP contribution in [0.4, 0.5) is 0 Å². The van der Waals surface area contributed by atoms with Crippen molar-refractivity contribution in [3.05, 3.63) is 70.5 Å². The summed E-state index contributed by atoms with van der Waals surface area (Å²) in [5.74, 6) is 2.18. The molecule has 1 fully saturated rings. The minimum atomic E-state index is 0. The molecule has 1 saturated heterocycles. The summed E-state index contributed by atoms with van der Waals surface area (Å²) < 4.78 is 7.43. The molecule has 1 aromatic carbocycles. The van der Waals surface area contributed by atoms with Crippen molar-refractivity contribution >= 4 is 12.4 Å². The van der Waals surface area contributed by atoms with Gasteiger partial charge in [0.1, 0.15) is 0 Å². The molecule has 2 aliphatic heterocycles. The second kappa shape index (κ2) is 7.29. The number of benzene rings is 1. The fraction of sp³-hybridized carbons (Fsp3) is 0.350. The number of fused-ring (bicyclic) bond motifs is 4. The molecule has 2 bridgehead atoms. The van der Waals surface area contributed by atoms with Gasteiger partial charge in [-0.15, -0.1) is 12.4 Å². The van der Waals surface area contributed by atoms with Crippen molar-refractivity contribution in [3.63, 3.8) is 0 Å². The van der Waals surface area contributed by atoms with Crippen LogP contribution in [-0.4, -0.2) is 32.7 Å². The Hall–Kier alpha value is -2.44. The number of hydrogen-bond donors (Lipinski definition) is 0. The van der Waals surface area contributed by atoms with Crippen molar-refractivity contribution in [1.82, 2.24) is 19.6 Å². The van der Waals surface area contributed by atoms with Crippen molar-refractivity contribution in [2.45, 2.75) is 25.4 Å². The first-order valence-corrected chi connectivity index (χ1v) is 9.06. The number of likely N-dealkylation sites (tertiary alicyclic amines) is 1. The second-order valence-corrected chi connectivity index (χ2v) is 7.27. The molecule has 27 heavy (non-hydrogen) atoms. The number of pyridine rings is 1. The lowest BCUT2D eigenvalue weighted by atomic mass is 9.83. The third kappa shape index (κ3) is 3.42. The molecule has 0 N–H and O–H groups in total. The van der Waals surface area contributed by atoms with Crippen molar-refractivity contribution in [2.75, 3.05) is 13.1 Å². The maximum absolute atomic E-state index is 12.1. The summed E-state index contributed by atoms with van der Waals surface area (Å²) in [5.41, 5.74) is 2.25. The van der Waals surface area contributed by atoms with Gasteiger partial charge in [0.25, 0.3) is 5.56 Å². The Morgan fingerprint density at radius 2 is 1.89 bits per heavy atom. The zero-order valence-corrected chi connectivity index (χ0v) is 15.6. The monoisotopic (exact) mass is 384 g/mol. The van der Waals surface area contributed by atoms with Crippen LogP contribution in [0.15, 0.2) is 57.8 Å². The Kier molecular flexibility index (Phi) is 4.85. The van der Waals surface area contributed by atoms with Gasteiger partial charge in [-0.3, -0.25) is 9.69 Å². The summed E-state index contributed by atoms with van der Waals surface area (Å²) in [6.45, 7) is 3.34. The maximum atomic E-state index is 12.1. The van der Waals surface area contributed by atoms with Crippen LogP contribution in [0.25, 0.3) is 11.4 Å². The van der Waals surface area contributed by atoms with Crippen LogP contribution in [0.3, 0.4) is 0 Å². The minimum absolute atomic E-state index is 0. The van der Waals surface area contributed by atoms with Crippen LogP contribution in [0.5, 0.6) is 0 Å². The number of hydrogen-bond acceptors (Lipinski definition) is 5. The Morgan fingerprint density at radius 1 is 1.04 bits per heavy atom. The van der Waals surface area contributed by atoms with Crippen molar-refractivity contribution < 1.29 is 4.52 Å². The van der Waals surface area contributed by atoms with E-state index in [4.69, 9.17) is 4.52 Å². The summed E-state index contributed by atoms with van der Waals surface area (Å²) in [6.07, 6.45) is 1.15. The van der Waals surface area contributed by atoms with Gasteiger partial charge < -0.3 is 9.09 Å². The van der Waals surface area contributed by atoms with E-state index in [1.807, 2.05) is 41.0 Å². The number of nitrogens with zero attached hydrogens (tertiary/aromatic N) is 4. The average molecular weight is 385 g/mol. The van der Waals surface area contributed by atoms with Crippen molar-refractivity contribution in [2.24, 2.45) is 5.92 Å². The first-order chi connectivity index (χ1) is 12.8. The molecule has 4 heterocycles. The molecular formula is C20H21ClN4O2. The van der Waals surface area contributed by atoms with Gasteiger partial charge in [-0.2, -0.15) is 4.98 Å². The van der Waals surface area contributed by atoms with Gasteiger partial charge in [-0.05, 0) is 18.4 Å². The summed E-state index contributed by atoms with van der Waals surface area (Å²) in [6, 6.07) is 15.5. The summed E-state index contributed by atoms with van der Waals surface area (Å²) in [7, 11) is 0. The Balaban J connectivity index is 0.00000180. The second-order valence-electron chi connectivity index (χ2n) is 7.27. The number of halogens is 1. The minimum Gasteiger partial charge on any atom is -0.338 e. The lowest BCUT2D eigenvalue weighted by molar-refractivity contribution is 0.104. The predicted octanol–water partition coefficient (Wildman–Crippen LogP) is 2.94. The topological polar surface area (TPSA) is 64.2 Å². The van der Waals surface area contributed by atoms with E-state index in [1.54, 1.807) is 6.07 Å². The van der Waals surface area contributed by atoms with E-state index in [-0.39, 0.29) is 18.0 Å². The third-order valence-corrected chi connectivity index (χ3v) is 5.41. The fourth-order valence-electron chi connectivity index (χ4n) is 4.34. The van der Waals surface area contributed by atoms with Crippen LogP contribution in [0.1, 0.15) is 23.9 Å². The lowest BCUT2D eigenvalue weighted by Crippen LogP contribution is -2.46. The van der Waals surface area contributed by atoms with E-state index >= 15 is 0 Å². The fourth-order valence-corrected chi connectivity index (χ4v) is 4.34. The Bertz CT molecular complexity index is 985. The highest BCUT2D eigenvalue weighted by Crippen LogP contribution is 2.35. The molecule has 6 nitrogen and oxygen atoms in total. The highest BCUT2D eigenvalue weighted by molar-refractivity contribution is 5.85. The standard InChI is InChI=1S/C20H20N4O2.ClH/c25-19-8-4-7-17-16-9-14(11-24(17)19)10-23(12-16)13-18-21-20(22-26-18)15-5-2-1-3-6-15;/h1-8,14,16H,9-13H2;1H/t14?,16-;/m0./s1. The molecule has 5 rings (SSSR count). The molecule has 0 amide bonds. The first kappa shape index (κ1) is 17.9. The lowest BCUT2D eigenvalue weighted by Gasteiger charge is -2.42. The summed E-state index contributed by atoms with van der Waals surface area (Å²) in [5, 5.41) is 4.11. The van der Waals surface area contributed by atoms with E-state index < -0.39 is 0 Å². The molecule has 2 aliphatic rings. The molecule has 0 spiro atoms. The maximum Gasteiger partial charge on any atom is 0.250 e. The van der Waals surface area contributed by atoms with Gasteiger partial charge in [0, 0.05) is 42.9 Å². The van der Waals surface area contributed by atoms with Gasteiger partial charge in [0.2, 0.25) is 11.7 Å². The molecule has 0 saturated carbocycles. The number of rotatable bonds is 3. The molecule has 140 valence electrons. The van der Waals surface area contributed by atoms with E-state index in [2.05, 4.69) is 21.1 Å². The number of aromatic nitrogens is 3. The molecule has 2 aromatic heterocycles. The van der Waals surface area contributed by atoms with Gasteiger partial charge >= 0.3 is 0 Å². The average Bonchev–Trinajstić information content (AvgIpc) is 3.12. The number of piperidine rings is 1. The largest absolute Gasteiger partial charge is 0.338 e. The summed E-state index contributed by atoms with van der Waals surface area (Å²) >= 11 is 0. The predicted molar refractivity (Wildman–Crippen MR) is 104 cm³/mol. The highest BCUT2D eigenvalue weighted by atomic mass is 35.5. The van der Waals surface area contributed by atoms with Crippen LogP contribution >= 0.6 is 12.4 Å². The molecule has 0 radical (unpaired) electrons. The Morgan fingerprint density at radius 3 is 2.74 bits per heavy atom. The molecule has 2 atom stereocenters. The highest BCUT2D eigenvalue weighted by Gasteiger charge is 2.34. The third-order valence-electron chi connectivity index (χ3n) is 5.41. The zero-order valence-electron chi connectivity index (χ0n) is 14.8. The van der Waals surface area contributed by atoms with Gasteiger partial charge in [0.05, 0.1) is 6.54 Å². The van der Waals surface area contributed by atoms with E-state index in [1.165, 1.54) is 0 Å². The first-order valence-electron chi connectivity index (χ1n) is 9.06. The summed E-state index contributed by atoms with van der Waals surface area (Å²) in [4.78, 5) is 19.1. The van der Waals surface area contributed by atoms with Crippen molar-refractivity contribution in [3.8, 4) is 11.4 Å². The SMILES string of the molecule is Cl.O=c1cccc2n1CC1C[C@H]2CN(Cc2nc(-c3ccccc3)no2)C1. The van der Waals surface area contributed by atoms with Gasteiger partial charge in [-0.1, -0.05) is 41.6 Å². The van der Waals surface area contributed by atoms with E-state index in [0.29, 0.717) is 30.1 Å².